The van der Waals surface area contributed by atoms with E-state index in [0.717, 1.165) is 24.1 Å². The summed E-state index contributed by atoms with van der Waals surface area (Å²) in [6.45, 7) is 4.48. The van der Waals surface area contributed by atoms with Crippen molar-refractivity contribution in [1.29, 1.82) is 0 Å². The van der Waals surface area contributed by atoms with Crippen LogP contribution in [-0.2, 0) is 11.8 Å². The van der Waals surface area contributed by atoms with E-state index < -0.39 is 5.41 Å². The lowest BCUT2D eigenvalue weighted by molar-refractivity contribution is 0.699. The molecule has 1 spiro atoms. The van der Waals surface area contributed by atoms with Crippen LogP contribution in [-0.4, -0.2) is 16.3 Å². The van der Waals surface area contributed by atoms with Crippen molar-refractivity contribution in [3.05, 3.63) is 233 Å². The molecule has 7 aromatic carbocycles. The SMILES string of the molecule is C/C=C\C1=C(CC)C2(c3ccccc31)c1ccccc1-n1c3ccccc3c3cc(-c4cccc(C5=NC(Cc6ccccc6)C(c6ccccc6)=C5)c4)cc2c31. The van der Waals surface area contributed by atoms with E-state index >= 15 is 0 Å². The van der Waals surface area contributed by atoms with E-state index in [2.05, 4.69) is 207 Å². The molecule has 8 aromatic rings. The first-order valence-corrected chi connectivity index (χ1v) is 20.3. The van der Waals surface area contributed by atoms with Gasteiger partial charge in [-0.05, 0) is 117 Å². The summed E-state index contributed by atoms with van der Waals surface area (Å²) in [5, 5.41) is 2.57. The van der Waals surface area contributed by atoms with E-state index in [1.807, 2.05) is 0 Å². The fraction of sp³-hybridized carbons (Fsp3) is 0.109. The fourth-order valence-electron chi connectivity index (χ4n) is 10.4. The van der Waals surface area contributed by atoms with Crippen LogP contribution in [0.4, 0.5) is 0 Å². The second kappa shape index (κ2) is 13.2. The summed E-state index contributed by atoms with van der Waals surface area (Å²) in [7, 11) is 0. The van der Waals surface area contributed by atoms with Gasteiger partial charge in [-0.2, -0.15) is 0 Å². The average Bonchev–Trinajstić information content (AvgIpc) is 3.93. The van der Waals surface area contributed by atoms with Gasteiger partial charge in [-0.1, -0.05) is 159 Å². The van der Waals surface area contributed by atoms with Crippen molar-refractivity contribution in [2.45, 2.75) is 38.1 Å². The zero-order chi connectivity index (χ0) is 38.1. The molecule has 0 radical (unpaired) electrons. The molecule has 2 unspecified atom stereocenters. The number of benzene rings is 7. The highest BCUT2D eigenvalue weighted by Gasteiger charge is 2.51. The van der Waals surface area contributed by atoms with Crippen molar-refractivity contribution >= 4 is 38.7 Å². The smallest absolute Gasteiger partial charge is 0.0803 e. The first-order valence-electron chi connectivity index (χ1n) is 20.3. The Bertz CT molecular complexity index is 3030. The molecule has 1 aliphatic carbocycles. The predicted octanol–water partition coefficient (Wildman–Crippen LogP) is 13.3. The highest BCUT2D eigenvalue weighted by atomic mass is 15.0. The molecule has 0 bridgehead atoms. The molecule has 0 N–H and O–H groups in total. The van der Waals surface area contributed by atoms with Gasteiger partial charge in [-0.15, -0.1) is 0 Å². The molecule has 0 amide bonds. The molecular formula is C55H42N2. The standard InChI is InChI=1S/C55H42N2/c1-3-18-41-42-25-11-13-27-47(42)55(46(41)4-2)48-28-14-16-30-53(48)57-52-29-15-12-26-43(52)45-33-40(34-49(55)54(45)57)38-23-17-24-39(32-38)50-35-44(37-21-9-6-10-22-37)51(56-50)31-36-19-7-5-8-20-36/h3,5-30,32-35,51H,4,31H2,1-2H3/b18-3-. The first kappa shape index (κ1) is 33.6. The molecule has 2 nitrogen and oxygen atoms in total. The van der Waals surface area contributed by atoms with E-state index in [9.17, 15) is 0 Å². The molecule has 3 aliphatic rings. The lowest BCUT2D eigenvalue weighted by Gasteiger charge is -2.41. The molecular weight excluding hydrogens is 689 g/mol. The summed E-state index contributed by atoms with van der Waals surface area (Å²) in [4.78, 5) is 5.45. The third-order valence-corrected chi connectivity index (χ3v) is 12.6. The van der Waals surface area contributed by atoms with Crippen LogP contribution in [0.5, 0.6) is 0 Å². The fourth-order valence-corrected chi connectivity index (χ4v) is 10.4. The lowest BCUT2D eigenvalue weighted by Crippen LogP contribution is -2.34. The highest BCUT2D eigenvalue weighted by molar-refractivity contribution is 6.17. The van der Waals surface area contributed by atoms with Crippen molar-refractivity contribution in [3.8, 4) is 16.8 Å². The number of aliphatic imine (C=N–C) groups is 1. The van der Waals surface area contributed by atoms with E-state index in [4.69, 9.17) is 4.99 Å². The van der Waals surface area contributed by atoms with Crippen molar-refractivity contribution < 1.29 is 0 Å². The van der Waals surface area contributed by atoms with Gasteiger partial charge >= 0.3 is 0 Å². The monoisotopic (exact) mass is 730 g/mol. The van der Waals surface area contributed by atoms with Gasteiger partial charge in [-0.3, -0.25) is 4.99 Å². The predicted molar refractivity (Wildman–Crippen MR) is 239 cm³/mol. The van der Waals surface area contributed by atoms with Crippen molar-refractivity contribution in [2.24, 2.45) is 4.99 Å². The van der Waals surface area contributed by atoms with Gasteiger partial charge in [0.15, 0.2) is 0 Å². The van der Waals surface area contributed by atoms with Gasteiger partial charge in [0.05, 0.1) is 33.9 Å². The van der Waals surface area contributed by atoms with Gasteiger partial charge in [0, 0.05) is 16.3 Å². The maximum absolute atomic E-state index is 5.45. The topological polar surface area (TPSA) is 17.3 Å². The Morgan fingerprint density at radius 2 is 1.32 bits per heavy atom. The lowest BCUT2D eigenvalue weighted by atomic mass is 9.63. The molecule has 0 fully saturated rings. The van der Waals surface area contributed by atoms with Crippen LogP contribution in [0.2, 0.25) is 0 Å². The number of rotatable bonds is 7. The first-order chi connectivity index (χ1) is 28.2. The van der Waals surface area contributed by atoms with Gasteiger partial charge in [0.2, 0.25) is 0 Å². The van der Waals surface area contributed by atoms with Crippen molar-refractivity contribution in [1.82, 2.24) is 4.57 Å². The molecule has 3 heterocycles. The van der Waals surface area contributed by atoms with E-state index in [-0.39, 0.29) is 6.04 Å². The van der Waals surface area contributed by atoms with E-state index in [1.165, 1.54) is 88.7 Å². The number of para-hydroxylation sites is 2. The maximum atomic E-state index is 5.45. The molecule has 57 heavy (non-hydrogen) atoms. The minimum absolute atomic E-state index is 0.0494. The van der Waals surface area contributed by atoms with Crippen LogP contribution in [0.3, 0.4) is 0 Å². The molecule has 2 heteroatoms. The highest BCUT2D eigenvalue weighted by Crippen LogP contribution is 2.61. The quantitative estimate of drug-likeness (QED) is 0.155. The summed E-state index contributed by atoms with van der Waals surface area (Å²) in [5.41, 5.74) is 20.0. The number of hydrogen-bond donors (Lipinski definition) is 0. The average molecular weight is 731 g/mol. The Morgan fingerprint density at radius 1 is 0.614 bits per heavy atom. The summed E-state index contributed by atoms with van der Waals surface area (Å²) in [6, 6.07) is 62.9. The minimum Gasteiger partial charge on any atom is -0.309 e. The van der Waals surface area contributed by atoms with E-state index in [0.29, 0.717) is 0 Å². The number of hydrogen-bond acceptors (Lipinski definition) is 1. The summed E-state index contributed by atoms with van der Waals surface area (Å²) in [6.07, 6.45) is 8.67. The van der Waals surface area contributed by atoms with Crippen LogP contribution in [0.15, 0.2) is 199 Å². The van der Waals surface area contributed by atoms with Gasteiger partial charge < -0.3 is 4.57 Å². The van der Waals surface area contributed by atoms with Gasteiger partial charge in [-0.25, -0.2) is 0 Å². The van der Waals surface area contributed by atoms with Crippen LogP contribution >= 0.6 is 0 Å². The minimum atomic E-state index is -0.444. The molecule has 0 saturated carbocycles. The van der Waals surface area contributed by atoms with Crippen molar-refractivity contribution in [3.63, 3.8) is 0 Å². The van der Waals surface area contributed by atoms with Crippen LogP contribution in [0.25, 0.3) is 49.8 Å². The summed E-state index contributed by atoms with van der Waals surface area (Å²) >= 11 is 0. The second-order valence-electron chi connectivity index (χ2n) is 15.6. The Kier molecular flexibility index (Phi) is 7.76. The molecule has 1 aromatic heterocycles. The zero-order valence-electron chi connectivity index (χ0n) is 32.3. The third-order valence-electron chi connectivity index (χ3n) is 12.6. The molecule has 2 atom stereocenters. The number of aromatic nitrogens is 1. The van der Waals surface area contributed by atoms with Gasteiger partial charge in [0.1, 0.15) is 0 Å². The Hall–Kier alpha value is -6.77. The van der Waals surface area contributed by atoms with Crippen molar-refractivity contribution in [2.75, 3.05) is 0 Å². The van der Waals surface area contributed by atoms with Crippen LogP contribution < -0.4 is 0 Å². The second-order valence-corrected chi connectivity index (χ2v) is 15.6. The molecule has 272 valence electrons. The third kappa shape index (κ3) is 4.93. The number of fused-ring (bicyclic) bond motifs is 9. The number of allylic oxidation sites excluding steroid dienone is 5. The Labute approximate surface area is 334 Å². The van der Waals surface area contributed by atoms with Crippen LogP contribution in [0.1, 0.15) is 59.2 Å². The molecule has 0 saturated heterocycles. The Balaban J connectivity index is 1.15. The normalized spacial score (nSPS) is 18.1. The maximum Gasteiger partial charge on any atom is 0.0803 e. The largest absolute Gasteiger partial charge is 0.309 e. The summed E-state index contributed by atoms with van der Waals surface area (Å²) in [5.74, 6) is 0. The molecule has 11 rings (SSSR count). The zero-order valence-corrected chi connectivity index (χ0v) is 32.3. The summed E-state index contributed by atoms with van der Waals surface area (Å²) < 4.78 is 2.54. The number of nitrogens with zero attached hydrogens (tertiary/aromatic N) is 2. The Morgan fingerprint density at radius 3 is 2.14 bits per heavy atom. The van der Waals surface area contributed by atoms with Crippen LogP contribution in [0, 0.1) is 0 Å². The van der Waals surface area contributed by atoms with E-state index in [1.54, 1.807) is 0 Å². The van der Waals surface area contributed by atoms with Gasteiger partial charge in [0.25, 0.3) is 0 Å². The molecule has 2 aliphatic heterocycles.